The molecule has 0 bridgehead atoms. The van der Waals surface area contributed by atoms with Crippen LogP contribution in [0.4, 0.5) is 5.82 Å². The van der Waals surface area contributed by atoms with Gasteiger partial charge in [-0.2, -0.15) is 5.10 Å². The second-order valence-electron chi connectivity index (χ2n) is 4.63. The Kier molecular flexibility index (Phi) is 3.94. The first-order valence-corrected chi connectivity index (χ1v) is 6.59. The van der Waals surface area contributed by atoms with Crippen molar-refractivity contribution in [3.8, 4) is 0 Å². The molecule has 7 heteroatoms. The molecule has 0 saturated carbocycles. The number of hydrogen-bond donors (Lipinski definition) is 3. The molecule has 0 spiro atoms. The summed E-state index contributed by atoms with van der Waals surface area (Å²) in [6, 6.07) is -0.307. The molecule has 4 N–H and O–H groups in total. The molecule has 2 rings (SSSR count). The van der Waals surface area contributed by atoms with Gasteiger partial charge in [0.05, 0.1) is 11.3 Å². The van der Waals surface area contributed by atoms with Crippen LogP contribution in [0.25, 0.3) is 0 Å². The minimum absolute atomic E-state index is 0.0276. The minimum atomic E-state index is -0.307. The van der Waals surface area contributed by atoms with E-state index in [0.717, 1.165) is 30.6 Å². The van der Waals surface area contributed by atoms with E-state index in [4.69, 9.17) is 18.0 Å². The molecule has 1 aromatic rings. The highest BCUT2D eigenvalue weighted by Crippen LogP contribution is 2.20. The van der Waals surface area contributed by atoms with Crippen molar-refractivity contribution < 1.29 is 4.79 Å². The van der Waals surface area contributed by atoms with Gasteiger partial charge in [-0.25, -0.2) is 0 Å². The number of carbonyl (C=O) groups is 1. The molecule has 1 aromatic heterocycles. The maximum atomic E-state index is 11.7. The molecule has 1 unspecified atom stereocenters. The number of nitrogens with zero attached hydrogens (tertiary/aromatic N) is 2. The van der Waals surface area contributed by atoms with Crippen LogP contribution in [0, 0.1) is 13.8 Å². The number of piperidine rings is 1. The van der Waals surface area contributed by atoms with Crippen molar-refractivity contribution in [1.82, 2.24) is 15.5 Å². The highest BCUT2D eigenvalue weighted by molar-refractivity contribution is 7.80. The number of carbonyl (C=O) groups excluding carboxylic acids is 1. The lowest BCUT2D eigenvalue weighted by atomic mass is 10.1. The Morgan fingerprint density at radius 1 is 1.47 bits per heavy atom. The molecule has 1 saturated heterocycles. The third-order valence-electron chi connectivity index (χ3n) is 3.30. The summed E-state index contributed by atoms with van der Waals surface area (Å²) in [5.41, 5.74) is 8.08. The van der Waals surface area contributed by atoms with E-state index in [2.05, 4.69) is 20.8 Å². The van der Waals surface area contributed by atoms with Crippen LogP contribution in [0.1, 0.15) is 29.7 Å². The van der Waals surface area contributed by atoms with Crippen LogP contribution in [0.15, 0.2) is 0 Å². The molecule has 1 amide bonds. The lowest BCUT2D eigenvalue weighted by Crippen LogP contribution is -2.45. The van der Waals surface area contributed by atoms with Crippen molar-refractivity contribution >= 4 is 28.9 Å². The smallest absolute Gasteiger partial charge is 0.242 e. The van der Waals surface area contributed by atoms with Crippen LogP contribution in [0.2, 0.25) is 0 Å². The molecule has 1 atom stereocenters. The number of nitrogens with two attached hydrogens (primary N) is 1. The van der Waals surface area contributed by atoms with Crippen LogP contribution >= 0.6 is 12.2 Å². The molecule has 1 aliphatic heterocycles. The first-order valence-electron chi connectivity index (χ1n) is 6.18. The average Bonchev–Trinajstić information content (AvgIpc) is 2.36. The summed E-state index contributed by atoms with van der Waals surface area (Å²) in [6.45, 7) is 4.46. The highest BCUT2D eigenvalue weighted by Gasteiger charge is 2.24. The first kappa shape index (κ1) is 13.7. The van der Waals surface area contributed by atoms with Crippen molar-refractivity contribution in [2.75, 3.05) is 11.9 Å². The monoisotopic (exact) mass is 279 g/mol. The molecule has 2 heterocycles. The van der Waals surface area contributed by atoms with Gasteiger partial charge in [0.15, 0.2) is 5.82 Å². The standard InChI is InChI=1S/C12H17N5OS/c1-6-7(2)16-17-11(9(6)10(13)19)15-8-4-3-5-14-12(8)18/h8H,3-5H2,1-2H3,(H2,13,19)(H,14,18)(H,15,17). The van der Waals surface area contributed by atoms with E-state index in [9.17, 15) is 4.79 Å². The largest absolute Gasteiger partial charge is 0.389 e. The predicted molar refractivity (Wildman–Crippen MR) is 77.0 cm³/mol. The second kappa shape index (κ2) is 5.48. The lowest BCUT2D eigenvalue weighted by Gasteiger charge is -2.24. The SMILES string of the molecule is Cc1nnc(NC2CCCNC2=O)c(C(N)=S)c1C. The van der Waals surface area contributed by atoms with Crippen LogP contribution < -0.4 is 16.4 Å². The van der Waals surface area contributed by atoms with E-state index in [1.165, 1.54) is 0 Å². The van der Waals surface area contributed by atoms with Gasteiger partial charge in [0, 0.05) is 6.54 Å². The molecular weight excluding hydrogens is 262 g/mol. The van der Waals surface area contributed by atoms with Gasteiger partial charge in [0.2, 0.25) is 5.91 Å². The zero-order valence-electron chi connectivity index (χ0n) is 11.0. The summed E-state index contributed by atoms with van der Waals surface area (Å²) in [7, 11) is 0. The molecule has 102 valence electrons. The average molecular weight is 279 g/mol. The van der Waals surface area contributed by atoms with E-state index >= 15 is 0 Å². The Hall–Kier alpha value is -1.76. The van der Waals surface area contributed by atoms with E-state index in [1.54, 1.807) is 0 Å². The van der Waals surface area contributed by atoms with Gasteiger partial charge in [-0.05, 0) is 32.3 Å². The third-order valence-corrected chi connectivity index (χ3v) is 3.50. The number of amides is 1. The van der Waals surface area contributed by atoms with E-state index < -0.39 is 0 Å². The summed E-state index contributed by atoms with van der Waals surface area (Å²) in [6.07, 6.45) is 1.70. The minimum Gasteiger partial charge on any atom is -0.389 e. The normalized spacial score (nSPS) is 18.8. The van der Waals surface area contributed by atoms with Gasteiger partial charge >= 0.3 is 0 Å². The van der Waals surface area contributed by atoms with Crippen LogP contribution in [0.3, 0.4) is 0 Å². The molecule has 6 nitrogen and oxygen atoms in total. The fourth-order valence-corrected chi connectivity index (χ4v) is 2.34. The quantitative estimate of drug-likeness (QED) is 0.694. The summed E-state index contributed by atoms with van der Waals surface area (Å²) < 4.78 is 0. The molecule has 19 heavy (non-hydrogen) atoms. The summed E-state index contributed by atoms with van der Waals surface area (Å²) in [4.78, 5) is 12.0. The van der Waals surface area contributed by atoms with Crippen LogP contribution in [0.5, 0.6) is 0 Å². The Morgan fingerprint density at radius 3 is 2.84 bits per heavy atom. The van der Waals surface area contributed by atoms with Crippen LogP contribution in [-0.4, -0.2) is 33.7 Å². The van der Waals surface area contributed by atoms with Crippen molar-refractivity contribution in [2.24, 2.45) is 5.73 Å². The molecular formula is C12H17N5OS. The number of aromatic nitrogens is 2. The Balaban J connectivity index is 2.32. The van der Waals surface area contributed by atoms with Gasteiger partial charge in [-0.3, -0.25) is 4.79 Å². The Labute approximate surface area is 117 Å². The van der Waals surface area contributed by atoms with Gasteiger partial charge < -0.3 is 16.4 Å². The number of hydrogen-bond acceptors (Lipinski definition) is 5. The fraction of sp³-hybridized carbons (Fsp3) is 0.500. The number of nitrogens with one attached hydrogen (secondary N) is 2. The van der Waals surface area contributed by atoms with Gasteiger partial charge in [-0.15, -0.1) is 5.10 Å². The number of aryl methyl sites for hydroxylation is 1. The number of thiocarbonyl (C=S) groups is 1. The maximum absolute atomic E-state index is 11.7. The third kappa shape index (κ3) is 2.81. The zero-order chi connectivity index (χ0) is 14.0. The Bertz CT molecular complexity index is 531. The van der Waals surface area contributed by atoms with Gasteiger partial charge in [0.25, 0.3) is 0 Å². The maximum Gasteiger partial charge on any atom is 0.242 e. The van der Waals surface area contributed by atoms with Gasteiger partial charge in [-0.1, -0.05) is 12.2 Å². The second-order valence-corrected chi connectivity index (χ2v) is 5.07. The summed E-state index contributed by atoms with van der Waals surface area (Å²) in [5, 5.41) is 14.0. The predicted octanol–water partition coefficient (Wildman–Crippen LogP) is 0.418. The Morgan fingerprint density at radius 2 is 2.21 bits per heavy atom. The molecule has 0 aliphatic carbocycles. The first-order chi connectivity index (χ1) is 9.00. The van der Waals surface area contributed by atoms with Crippen molar-refractivity contribution in [3.63, 3.8) is 0 Å². The summed E-state index contributed by atoms with van der Waals surface area (Å²) >= 11 is 5.06. The number of rotatable bonds is 3. The molecule has 0 radical (unpaired) electrons. The van der Waals surface area contributed by atoms with Crippen molar-refractivity contribution in [2.45, 2.75) is 32.7 Å². The highest BCUT2D eigenvalue weighted by atomic mass is 32.1. The van der Waals surface area contributed by atoms with Crippen molar-refractivity contribution in [3.05, 3.63) is 16.8 Å². The summed E-state index contributed by atoms with van der Waals surface area (Å²) in [5.74, 6) is 0.456. The van der Waals surface area contributed by atoms with E-state index in [0.29, 0.717) is 11.4 Å². The van der Waals surface area contributed by atoms with Gasteiger partial charge in [0.1, 0.15) is 11.0 Å². The molecule has 1 aliphatic rings. The van der Waals surface area contributed by atoms with Crippen molar-refractivity contribution in [1.29, 1.82) is 0 Å². The van der Waals surface area contributed by atoms with E-state index in [-0.39, 0.29) is 16.9 Å². The lowest BCUT2D eigenvalue weighted by molar-refractivity contribution is -0.123. The topological polar surface area (TPSA) is 92.9 Å². The molecule has 0 aromatic carbocycles. The number of anilines is 1. The fourth-order valence-electron chi connectivity index (χ4n) is 2.09. The van der Waals surface area contributed by atoms with Crippen LogP contribution in [-0.2, 0) is 4.79 Å². The molecule has 1 fully saturated rings. The van der Waals surface area contributed by atoms with E-state index in [1.807, 2.05) is 13.8 Å². The zero-order valence-corrected chi connectivity index (χ0v) is 11.8.